The zero-order chi connectivity index (χ0) is 13.9. The van der Waals surface area contributed by atoms with Crippen LogP contribution >= 0.6 is 11.3 Å². The molecule has 1 fully saturated rings. The van der Waals surface area contributed by atoms with Crippen LogP contribution in [0.5, 0.6) is 0 Å². The van der Waals surface area contributed by atoms with Gasteiger partial charge in [-0.05, 0) is 42.8 Å². The zero-order valence-corrected chi connectivity index (χ0v) is 12.5. The second-order valence-electron chi connectivity index (χ2n) is 5.52. The van der Waals surface area contributed by atoms with E-state index in [1.807, 2.05) is 16.8 Å². The van der Waals surface area contributed by atoms with Gasteiger partial charge in [0.05, 0.1) is 6.54 Å². The number of nitrogens with zero attached hydrogens (tertiary/aromatic N) is 3. The number of piperidine rings is 1. The Hall–Kier alpha value is -1.24. The summed E-state index contributed by atoms with van der Waals surface area (Å²) in [4.78, 5) is 6.84. The van der Waals surface area contributed by atoms with Crippen molar-refractivity contribution in [2.45, 2.75) is 19.9 Å². The molecule has 0 saturated carbocycles. The van der Waals surface area contributed by atoms with Gasteiger partial charge in [-0.3, -0.25) is 4.90 Å². The van der Waals surface area contributed by atoms with Gasteiger partial charge in [0.15, 0.2) is 0 Å². The molecule has 20 heavy (non-hydrogen) atoms. The van der Waals surface area contributed by atoms with Crippen LogP contribution in [-0.2, 0) is 6.54 Å². The van der Waals surface area contributed by atoms with Crippen LogP contribution in [0, 0.1) is 11.8 Å². The predicted molar refractivity (Wildman–Crippen MR) is 79.2 cm³/mol. The molecule has 0 bridgehead atoms. The summed E-state index contributed by atoms with van der Waals surface area (Å²) >= 11 is 1.64. The lowest BCUT2D eigenvalue weighted by Crippen LogP contribution is -2.42. The van der Waals surface area contributed by atoms with Gasteiger partial charge in [0, 0.05) is 17.5 Å². The number of aromatic nitrogens is 2. The SMILES string of the molecule is CC1CCN(Cc2nc(-c3ccsc3)no2)CC1CN. The van der Waals surface area contributed by atoms with E-state index in [1.54, 1.807) is 11.3 Å². The molecule has 0 radical (unpaired) electrons. The van der Waals surface area contributed by atoms with E-state index in [1.165, 1.54) is 6.42 Å². The number of hydrogen-bond acceptors (Lipinski definition) is 6. The highest BCUT2D eigenvalue weighted by Gasteiger charge is 2.26. The molecule has 1 aliphatic rings. The summed E-state index contributed by atoms with van der Waals surface area (Å²) in [5.41, 5.74) is 6.87. The third-order valence-electron chi connectivity index (χ3n) is 4.11. The maximum atomic E-state index is 5.84. The molecule has 0 aromatic carbocycles. The van der Waals surface area contributed by atoms with Gasteiger partial charge in [0.2, 0.25) is 11.7 Å². The topological polar surface area (TPSA) is 68.2 Å². The molecule has 2 atom stereocenters. The van der Waals surface area contributed by atoms with Crippen LogP contribution in [0.3, 0.4) is 0 Å². The van der Waals surface area contributed by atoms with Crippen LogP contribution < -0.4 is 5.73 Å². The number of likely N-dealkylation sites (tertiary alicyclic amines) is 1. The van der Waals surface area contributed by atoms with Crippen molar-refractivity contribution in [3.63, 3.8) is 0 Å². The van der Waals surface area contributed by atoms with Crippen molar-refractivity contribution in [2.75, 3.05) is 19.6 Å². The first kappa shape index (κ1) is 13.7. The van der Waals surface area contributed by atoms with Crippen molar-refractivity contribution in [1.82, 2.24) is 15.0 Å². The lowest BCUT2D eigenvalue weighted by molar-refractivity contribution is 0.114. The summed E-state index contributed by atoms with van der Waals surface area (Å²) in [6.07, 6.45) is 1.19. The number of rotatable bonds is 4. The Kier molecular flexibility index (Phi) is 4.14. The van der Waals surface area contributed by atoms with E-state index in [4.69, 9.17) is 10.3 Å². The fraction of sp³-hybridized carbons (Fsp3) is 0.571. The zero-order valence-electron chi connectivity index (χ0n) is 11.7. The van der Waals surface area contributed by atoms with Crippen LogP contribution in [0.25, 0.3) is 11.4 Å². The van der Waals surface area contributed by atoms with Gasteiger partial charge in [-0.25, -0.2) is 0 Å². The quantitative estimate of drug-likeness (QED) is 0.935. The number of nitrogens with two attached hydrogens (primary N) is 1. The smallest absolute Gasteiger partial charge is 0.241 e. The summed E-state index contributed by atoms with van der Waals surface area (Å²) < 4.78 is 5.36. The molecule has 6 heteroatoms. The maximum Gasteiger partial charge on any atom is 0.241 e. The molecule has 3 rings (SSSR count). The Morgan fingerprint density at radius 2 is 2.45 bits per heavy atom. The van der Waals surface area contributed by atoms with Crippen molar-refractivity contribution in [3.8, 4) is 11.4 Å². The molecule has 0 aliphatic carbocycles. The van der Waals surface area contributed by atoms with Gasteiger partial charge in [-0.1, -0.05) is 12.1 Å². The summed E-state index contributed by atoms with van der Waals surface area (Å²) in [6.45, 7) is 5.86. The van der Waals surface area contributed by atoms with E-state index < -0.39 is 0 Å². The molecule has 5 nitrogen and oxygen atoms in total. The Morgan fingerprint density at radius 3 is 3.20 bits per heavy atom. The van der Waals surface area contributed by atoms with Gasteiger partial charge < -0.3 is 10.3 Å². The molecule has 0 amide bonds. The van der Waals surface area contributed by atoms with E-state index >= 15 is 0 Å². The van der Waals surface area contributed by atoms with Crippen LogP contribution in [0.4, 0.5) is 0 Å². The molecule has 2 aromatic rings. The minimum atomic E-state index is 0.572. The van der Waals surface area contributed by atoms with Gasteiger partial charge in [-0.15, -0.1) is 0 Å². The van der Waals surface area contributed by atoms with E-state index in [0.717, 1.165) is 31.7 Å². The molecular formula is C14H20N4OS. The lowest BCUT2D eigenvalue weighted by Gasteiger charge is -2.35. The van der Waals surface area contributed by atoms with Crippen LogP contribution in [0.1, 0.15) is 19.2 Å². The van der Waals surface area contributed by atoms with E-state index in [0.29, 0.717) is 23.6 Å². The Balaban J connectivity index is 1.64. The fourth-order valence-electron chi connectivity index (χ4n) is 2.69. The maximum absolute atomic E-state index is 5.84. The molecule has 2 unspecified atom stereocenters. The average molecular weight is 292 g/mol. The molecule has 108 valence electrons. The van der Waals surface area contributed by atoms with Crippen LogP contribution in [-0.4, -0.2) is 34.7 Å². The van der Waals surface area contributed by atoms with Gasteiger partial charge in [0.1, 0.15) is 0 Å². The first-order valence-electron chi connectivity index (χ1n) is 7.04. The lowest BCUT2D eigenvalue weighted by atomic mass is 9.87. The minimum Gasteiger partial charge on any atom is -0.338 e. The summed E-state index contributed by atoms with van der Waals surface area (Å²) in [7, 11) is 0. The number of thiophene rings is 1. The first-order valence-corrected chi connectivity index (χ1v) is 7.98. The monoisotopic (exact) mass is 292 g/mol. The largest absolute Gasteiger partial charge is 0.338 e. The normalized spacial score (nSPS) is 24.1. The van der Waals surface area contributed by atoms with Gasteiger partial charge in [0.25, 0.3) is 0 Å². The molecule has 3 heterocycles. The van der Waals surface area contributed by atoms with Crippen molar-refractivity contribution in [1.29, 1.82) is 0 Å². The Morgan fingerprint density at radius 1 is 1.55 bits per heavy atom. The van der Waals surface area contributed by atoms with Crippen molar-refractivity contribution in [3.05, 3.63) is 22.7 Å². The molecule has 1 aliphatic heterocycles. The fourth-order valence-corrected chi connectivity index (χ4v) is 3.33. The van der Waals surface area contributed by atoms with Crippen molar-refractivity contribution in [2.24, 2.45) is 17.6 Å². The predicted octanol–water partition coefficient (Wildman–Crippen LogP) is 2.21. The van der Waals surface area contributed by atoms with Crippen molar-refractivity contribution < 1.29 is 4.52 Å². The highest BCUT2D eigenvalue weighted by Crippen LogP contribution is 2.24. The molecular weight excluding hydrogens is 272 g/mol. The Labute approximate surface area is 122 Å². The first-order chi connectivity index (χ1) is 9.76. The second-order valence-corrected chi connectivity index (χ2v) is 6.30. The van der Waals surface area contributed by atoms with Crippen LogP contribution in [0.15, 0.2) is 21.3 Å². The summed E-state index contributed by atoms with van der Waals surface area (Å²) in [6, 6.07) is 2.01. The van der Waals surface area contributed by atoms with Crippen LogP contribution in [0.2, 0.25) is 0 Å². The highest BCUT2D eigenvalue weighted by molar-refractivity contribution is 7.08. The van der Waals surface area contributed by atoms with Gasteiger partial charge >= 0.3 is 0 Å². The summed E-state index contributed by atoms with van der Waals surface area (Å²) in [5.74, 6) is 2.65. The molecule has 0 spiro atoms. The minimum absolute atomic E-state index is 0.572. The van der Waals surface area contributed by atoms with Gasteiger partial charge in [-0.2, -0.15) is 16.3 Å². The average Bonchev–Trinajstić information content (AvgIpc) is 3.11. The Bertz CT molecular complexity index is 539. The molecule has 2 aromatic heterocycles. The molecule has 2 N–H and O–H groups in total. The van der Waals surface area contributed by atoms with Crippen molar-refractivity contribution >= 4 is 11.3 Å². The van der Waals surface area contributed by atoms with E-state index in [-0.39, 0.29) is 0 Å². The number of hydrogen-bond donors (Lipinski definition) is 1. The van der Waals surface area contributed by atoms with E-state index in [9.17, 15) is 0 Å². The second kappa shape index (κ2) is 6.03. The summed E-state index contributed by atoms with van der Waals surface area (Å²) in [5, 5.41) is 8.09. The standard InChI is InChI=1S/C14H20N4OS/c1-10-2-4-18(7-12(10)6-15)8-13-16-14(17-19-13)11-3-5-20-9-11/h3,5,9-10,12H,2,4,6-8,15H2,1H3. The third kappa shape index (κ3) is 2.92. The highest BCUT2D eigenvalue weighted by atomic mass is 32.1. The van der Waals surface area contributed by atoms with E-state index in [2.05, 4.69) is 22.0 Å². The molecule has 1 saturated heterocycles. The third-order valence-corrected chi connectivity index (χ3v) is 4.79.